The number of carbonyl (C=O) groups is 1. The van der Waals surface area contributed by atoms with Gasteiger partial charge in [0.2, 0.25) is 0 Å². The molecule has 0 saturated carbocycles. The average molecular weight is 305 g/mol. The first-order valence-corrected chi connectivity index (χ1v) is 6.74. The van der Waals surface area contributed by atoms with E-state index in [1.807, 2.05) is 11.4 Å². The summed E-state index contributed by atoms with van der Waals surface area (Å²) in [6.45, 7) is 0. The van der Waals surface area contributed by atoms with Gasteiger partial charge in [-0.3, -0.25) is 9.36 Å². The standard InChI is InChI=1S/C17H11N3O3/c21-16-13-8-4-5-9-14(13)19-15(10-11-18-17(22)23)20(16)12-6-2-1-3-7-12/h1-9,18H,(H,22,23). The van der Waals surface area contributed by atoms with Crippen LogP contribution < -0.4 is 10.9 Å². The molecule has 1 heterocycles. The van der Waals surface area contributed by atoms with Crippen LogP contribution in [0, 0.1) is 12.0 Å². The largest absolute Gasteiger partial charge is 0.464 e. The van der Waals surface area contributed by atoms with E-state index in [0.29, 0.717) is 16.6 Å². The number of hydrogen-bond donors (Lipinski definition) is 2. The molecule has 6 heteroatoms. The van der Waals surface area contributed by atoms with Crippen molar-refractivity contribution >= 4 is 17.0 Å². The number of hydrogen-bond acceptors (Lipinski definition) is 3. The molecule has 112 valence electrons. The first-order valence-electron chi connectivity index (χ1n) is 6.74. The van der Waals surface area contributed by atoms with Crippen molar-refractivity contribution in [1.82, 2.24) is 14.9 Å². The number of para-hydroxylation sites is 2. The number of nitrogens with one attached hydrogen (secondary N) is 1. The van der Waals surface area contributed by atoms with E-state index in [0.717, 1.165) is 0 Å². The summed E-state index contributed by atoms with van der Waals surface area (Å²) < 4.78 is 1.36. The SMILES string of the molecule is O=C(O)NC#Cc1nc2ccccc2c(=O)n1-c1ccccc1. The number of rotatable bonds is 1. The molecule has 1 amide bonds. The lowest BCUT2D eigenvalue weighted by atomic mass is 10.2. The zero-order valence-corrected chi connectivity index (χ0v) is 11.9. The second kappa shape index (κ2) is 6.03. The lowest BCUT2D eigenvalue weighted by molar-refractivity contribution is 0.199. The topological polar surface area (TPSA) is 84.2 Å². The molecule has 6 nitrogen and oxygen atoms in total. The van der Waals surface area contributed by atoms with Crippen LogP contribution in [0.2, 0.25) is 0 Å². The summed E-state index contributed by atoms with van der Waals surface area (Å²) in [6.07, 6.45) is -1.27. The zero-order chi connectivity index (χ0) is 16.2. The monoisotopic (exact) mass is 305 g/mol. The Kier molecular flexibility index (Phi) is 3.77. The first-order chi connectivity index (χ1) is 11.2. The van der Waals surface area contributed by atoms with Crippen molar-refractivity contribution in [2.75, 3.05) is 0 Å². The van der Waals surface area contributed by atoms with Crippen LogP contribution in [0.1, 0.15) is 5.82 Å². The highest BCUT2D eigenvalue weighted by Gasteiger charge is 2.10. The molecule has 2 aromatic carbocycles. The van der Waals surface area contributed by atoms with Gasteiger partial charge in [0, 0.05) is 6.04 Å². The van der Waals surface area contributed by atoms with E-state index in [4.69, 9.17) is 5.11 Å². The molecule has 0 bridgehead atoms. The molecular formula is C17H11N3O3. The van der Waals surface area contributed by atoms with Gasteiger partial charge in [0.05, 0.1) is 16.6 Å². The predicted molar refractivity (Wildman–Crippen MR) is 85.4 cm³/mol. The van der Waals surface area contributed by atoms with Gasteiger partial charge in [0.25, 0.3) is 5.56 Å². The number of amides is 1. The van der Waals surface area contributed by atoms with E-state index in [9.17, 15) is 9.59 Å². The number of nitrogens with zero attached hydrogens (tertiary/aromatic N) is 2. The van der Waals surface area contributed by atoms with Crippen molar-refractivity contribution in [1.29, 1.82) is 0 Å². The van der Waals surface area contributed by atoms with E-state index < -0.39 is 6.09 Å². The fourth-order valence-corrected chi connectivity index (χ4v) is 2.17. The van der Waals surface area contributed by atoms with Gasteiger partial charge in [-0.05, 0) is 30.2 Å². The maximum absolute atomic E-state index is 12.8. The molecule has 0 aliphatic rings. The summed E-state index contributed by atoms with van der Waals surface area (Å²) in [5, 5.41) is 11.0. The molecule has 0 fully saturated rings. The minimum Gasteiger partial charge on any atom is -0.464 e. The molecule has 0 atom stereocenters. The van der Waals surface area contributed by atoms with Crippen LogP contribution in [0.5, 0.6) is 0 Å². The van der Waals surface area contributed by atoms with E-state index >= 15 is 0 Å². The van der Waals surface area contributed by atoms with E-state index in [-0.39, 0.29) is 11.4 Å². The minimum atomic E-state index is -1.27. The summed E-state index contributed by atoms with van der Waals surface area (Å²) >= 11 is 0. The fourth-order valence-electron chi connectivity index (χ4n) is 2.17. The summed E-state index contributed by atoms with van der Waals surface area (Å²) in [4.78, 5) is 27.7. The van der Waals surface area contributed by atoms with Crippen molar-refractivity contribution < 1.29 is 9.90 Å². The van der Waals surface area contributed by atoms with Gasteiger partial charge in [-0.2, -0.15) is 0 Å². The zero-order valence-electron chi connectivity index (χ0n) is 11.9. The third-order valence-corrected chi connectivity index (χ3v) is 3.13. The maximum Gasteiger partial charge on any atom is 0.416 e. The van der Waals surface area contributed by atoms with Crippen molar-refractivity contribution in [3.63, 3.8) is 0 Å². The van der Waals surface area contributed by atoms with Crippen LogP contribution in [0.25, 0.3) is 16.6 Å². The molecule has 0 aliphatic carbocycles. The van der Waals surface area contributed by atoms with Crippen LogP contribution in [-0.2, 0) is 0 Å². The molecule has 0 saturated heterocycles. The Balaban J connectivity index is 2.29. The predicted octanol–water partition coefficient (Wildman–Crippen LogP) is 1.96. The third kappa shape index (κ3) is 2.89. The molecule has 0 unspecified atom stereocenters. The molecule has 23 heavy (non-hydrogen) atoms. The highest BCUT2D eigenvalue weighted by Crippen LogP contribution is 2.12. The molecule has 3 rings (SSSR count). The number of fused-ring (bicyclic) bond motifs is 1. The Morgan fingerprint density at radius 2 is 1.78 bits per heavy atom. The number of carboxylic acid groups (broad SMARTS) is 1. The van der Waals surface area contributed by atoms with Crippen LogP contribution >= 0.6 is 0 Å². The molecule has 3 aromatic rings. The normalized spacial score (nSPS) is 9.91. The van der Waals surface area contributed by atoms with Crippen LogP contribution in [0.3, 0.4) is 0 Å². The summed E-state index contributed by atoms with van der Waals surface area (Å²) in [6, 6.07) is 18.2. The Labute approximate surface area is 131 Å². The highest BCUT2D eigenvalue weighted by atomic mass is 16.4. The Bertz CT molecular complexity index is 998. The summed E-state index contributed by atoms with van der Waals surface area (Å²) in [5.41, 5.74) is 0.848. The molecule has 0 radical (unpaired) electrons. The smallest absolute Gasteiger partial charge is 0.416 e. The van der Waals surface area contributed by atoms with E-state index in [1.54, 1.807) is 48.5 Å². The van der Waals surface area contributed by atoms with Gasteiger partial charge in [0.15, 0.2) is 5.82 Å². The van der Waals surface area contributed by atoms with Gasteiger partial charge in [-0.1, -0.05) is 30.3 Å². The fraction of sp³-hybridized carbons (Fsp3) is 0. The van der Waals surface area contributed by atoms with Gasteiger partial charge < -0.3 is 5.11 Å². The Morgan fingerprint density at radius 3 is 2.52 bits per heavy atom. The molecule has 1 aromatic heterocycles. The van der Waals surface area contributed by atoms with Gasteiger partial charge in [-0.15, -0.1) is 0 Å². The van der Waals surface area contributed by atoms with Crippen LogP contribution in [-0.4, -0.2) is 20.8 Å². The second-order valence-electron chi connectivity index (χ2n) is 4.61. The van der Waals surface area contributed by atoms with E-state index in [1.165, 1.54) is 4.57 Å². The van der Waals surface area contributed by atoms with Crippen molar-refractivity contribution in [2.45, 2.75) is 0 Å². The summed E-state index contributed by atoms with van der Waals surface area (Å²) in [7, 11) is 0. The van der Waals surface area contributed by atoms with Crippen molar-refractivity contribution in [3.05, 3.63) is 70.8 Å². The van der Waals surface area contributed by atoms with Crippen molar-refractivity contribution in [2.24, 2.45) is 0 Å². The second-order valence-corrected chi connectivity index (χ2v) is 4.61. The highest BCUT2D eigenvalue weighted by molar-refractivity contribution is 5.78. The average Bonchev–Trinajstić information content (AvgIpc) is 2.55. The van der Waals surface area contributed by atoms with Gasteiger partial charge >= 0.3 is 6.09 Å². The lowest BCUT2D eigenvalue weighted by Crippen LogP contribution is -2.23. The Hall–Kier alpha value is -3.59. The summed E-state index contributed by atoms with van der Waals surface area (Å²) in [5.74, 6) is 2.75. The lowest BCUT2D eigenvalue weighted by Gasteiger charge is -2.09. The molecular weight excluding hydrogens is 294 g/mol. The maximum atomic E-state index is 12.8. The van der Waals surface area contributed by atoms with Gasteiger partial charge in [0.1, 0.15) is 0 Å². The molecule has 0 spiro atoms. The Morgan fingerprint density at radius 1 is 1.09 bits per heavy atom. The van der Waals surface area contributed by atoms with Crippen molar-refractivity contribution in [3.8, 4) is 17.7 Å². The first kappa shape index (κ1) is 14.4. The number of aromatic nitrogens is 2. The number of benzene rings is 2. The van der Waals surface area contributed by atoms with Gasteiger partial charge in [-0.25, -0.2) is 15.1 Å². The minimum absolute atomic E-state index is 0.161. The van der Waals surface area contributed by atoms with Crippen LogP contribution in [0.4, 0.5) is 4.79 Å². The third-order valence-electron chi connectivity index (χ3n) is 3.13. The quantitative estimate of drug-likeness (QED) is 0.532. The van der Waals surface area contributed by atoms with Crippen LogP contribution in [0.15, 0.2) is 59.4 Å². The molecule has 0 aliphatic heterocycles. The van der Waals surface area contributed by atoms with E-state index in [2.05, 4.69) is 16.9 Å². The molecule has 2 N–H and O–H groups in total.